The maximum atomic E-state index is 12.5. The van der Waals surface area contributed by atoms with Gasteiger partial charge in [-0.1, -0.05) is 36.8 Å². The fourth-order valence-electron chi connectivity index (χ4n) is 3.12. The number of hydrogen-bond acceptors (Lipinski definition) is 4. The molecule has 26 heavy (non-hydrogen) atoms. The predicted octanol–water partition coefficient (Wildman–Crippen LogP) is 3.33. The van der Waals surface area contributed by atoms with E-state index in [0.717, 1.165) is 18.4 Å². The molecule has 3 aromatic rings. The summed E-state index contributed by atoms with van der Waals surface area (Å²) in [4.78, 5) is 20.8. The quantitative estimate of drug-likeness (QED) is 0.741. The first-order chi connectivity index (χ1) is 12.8. The van der Waals surface area contributed by atoms with Crippen LogP contribution >= 0.6 is 0 Å². The van der Waals surface area contributed by atoms with Crippen LogP contribution in [0.15, 0.2) is 61.2 Å². The van der Waals surface area contributed by atoms with Gasteiger partial charge < -0.3 is 10.6 Å². The molecular weight excluding hydrogens is 328 g/mol. The summed E-state index contributed by atoms with van der Waals surface area (Å²) in [6.45, 7) is 0. The molecule has 2 amide bonds. The first-order valence-corrected chi connectivity index (χ1v) is 8.74. The molecule has 1 aromatic carbocycles. The Hall–Kier alpha value is -3.22. The molecule has 7 nitrogen and oxygen atoms in total. The van der Waals surface area contributed by atoms with Gasteiger partial charge in [-0.25, -0.2) is 19.4 Å². The van der Waals surface area contributed by atoms with Crippen LogP contribution in [0.5, 0.6) is 0 Å². The minimum atomic E-state index is -0.237. The van der Waals surface area contributed by atoms with Crippen molar-refractivity contribution in [2.45, 2.75) is 25.3 Å². The van der Waals surface area contributed by atoms with Gasteiger partial charge in [0, 0.05) is 12.4 Å². The normalized spacial score (nSPS) is 15.1. The average Bonchev–Trinajstić information content (AvgIpc) is 3.09. The van der Waals surface area contributed by atoms with Crippen LogP contribution in [0.4, 0.5) is 10.5 Å². The van der Waals surface area contributed by atoms with Gasteiger partial charge in [0.2, 0.25) is 5.95 Å². The number of aromatic nitrogens is 4. The van der Waals surface area contributed by atoms with Crippen molar-refractivity contribution >= 4 is 11.7 Å². The molecule has 0 saturated heterocycles. The van der Waals surface area contributed by atoms with Crippen LogP contribution in [0, 0.1) is 5.92 Å². The highest BCUT2D eigenvalue weighted by Gasteiger charge is 2.29. The fourth-order valence-corrected chi connectivity index (χ4v) is 3.12. The van der Waals surface area contributed by atoms with Crippen molar-refractivity contribution in [2.24, 2.45) is 5.92 Å². The number of hydrogen-bond donors (Lipinski definition) is 2. The molecular formula is C19H20N6O. The fraction of sp³-hybridized carbons (Fsp3) is 0.263. The molecule has 0 bridgehead atoms. The molecule has 0 unspecified atom stereocenters. The summed E-state index contributed by atoms with van der Waals surface area (Å²) in [5.74, 6) is 0.946. The predicted molar refractivity (Wildman–Crippen MR) is 97.8 cm³/mol. The molecule has 2 heterocycles. The van der Waals surface area contributed by atoms with Crippen LogP contribution in [-0.2, 0) is 0 Å². The molecule has 4 rings (SSSR count). The number of benzene rings is 1. The van der Waals surface area contributed by atoms with Crippen LogP contribution in [0.3, 0.4) is 0 Å². The van der Waals surface area contributed by atoms with E-state index in [1.165, 1.54) is 11.1 Å². The molecule has 7 heteroatoms. The zero-order chi connectivity index (χ0) is 17.8. The average molecular weight is 348 g/mol. The van der Waals surface area contributed by atoms with Crippen molar-refractivity contribution in [3.63, 3.8) is 0 Å². The zero-order valence-electron chi connectivity index (χ0n) is 14.2. The number of anilines is 1. The summed E-state index contributed by atoms with van der Waals surface area (Å²) >= 11 is 0. The Labute approximate surface area is 151 Å². The highest BCUT2D eigenvalue weighted by atomic mass is 16.2. The molecule has 1 aliphatic rings. The molecule has 1 aliphatic carbocycles. The Kier molecular flexibility index (Phi) is 4.59. The lowest BCUT2D eigenvalue weighted by Gasteiger charge is -2.34. The van der Waals surface area contributed by atoms with E-state index in [4.69, 9.17) is 0 Å². The van der Waals surface area contributed by atoms with Crippen LogP contribution in [0.25, 0.3) is 5.95 Å². The second-order valence-electron chi connectivity index (χ2n) is 6.40. The minimum Gasteiger partial charge on any atom is -0.331 e. The standard InChI is InChI=1S/C19H20N6O/c26-19(23-16-12-22-25(13-16)18-20-10-5-11-21-18)24-17(15-8-4-9-15)14-6-2-1-3-7-14/h1-3,5-7,10-13,15,17H,4,8-9H2,(H2,23,24,26)/t17-/m0/s1. The third kappa shape index (κ3) is 3.56. The molecule has 2 N–H and O–H groups in total. The molecule has 1 saturated carbocycles. The Morgan fingerprint density at radius 3 is 2.58 bits per heavy atom. The van der Waals surface area contributed by atoms with Crippen LogP contribution < -0.4 is 10.6 Å². The summed E-state index contributed by atoms with van der Waals surface area (Å²) in [7, 11) is 0. The smallest absolute Gasteiger partial charge is 0.319 e. The number of nitrogens with one attached hydrogen (secondary N) is 2. The third-order valence-corrected chi connectivity index (χ3v) is 4.66. The number of nitrogens with zero attached hydrogens (tertiary/aromatic N) is 4. The summed E-state index contributed by atoms with van der Waals surface area (Å²) in [6, 6.07) is 11.7. The number of urea groups is 1. The molecule has 132 valence electrons. The Morgan fingerprint density at radius 2 is 1.88 bits per heavy atom. The lowest BCUT2D eigenvalue weighted by Crippen LogP contribution is -2.38. The number of carbonyl (C=O) groups excluding carboxylic acids is 1. The van der Waals surface area contributed by atoms with Gasteiger partial charge in [-0.05, 0) is 30.4 Å². The van der Waals surface area contributed by atoms with Crippen LogP contribution in [-0.4, -0.2) is 25.8 Å². The molecule has 2 aromatic heterocycles. The van der Waals surface area contributed by atoms with E-state index >= 15 is 0 Å². The Balaban J connectivity index is 1.43. The summed E-state index contributed by atoms with van der Waals surface area (Å²) < 4.78 is 1.52. The van der Waals surface area contributed by atoms with Gasteiger partial charge in [-0.3, -0.25) is 0 Å². The van der Waals surface area contributed by atoms with E-state index in [1.807, 2.05) is 18.2 Å². The van der Waals surface area contributed by atoms with Crippen molar-refractivity contribution in [1.82, 2.24) is 25.1 Å². The van der Waals surface area contributed by atoms with E-state index in [9.17, 15) is 4.79 Å². The monoisotopic (exact) mass is 348 g/mol. The van der Waals surface area contributed by atoms with Gasteiger partial charge in [0.1, 0.15) is 0 Å². The zero-order valence-corrected chi connectivity index (χ0v) is 14.2. The Morgan fingerprint density at radius 1 is 1.12 bits per heavy atom. The summed E-state index contributed by atoms with van der Waals surface area (Å²) in [5.41, 5.74) is 1.73. The molecule has 0 aliphatic heterocycles. The highest BCUT2D eigenvalue weighted by molar-refractivity contribution is 5.89. The van der Waals surface area contributed by atoms with Gasteiger partial charge in [0.25, 0.3) is 0 Å². The van der Waals surface area contributed by atoms with Crippen molar-refractivity contribution in [1.29, 1.82) is 0 Å². The lowest BCUT2D eigenvalue weighted by molar-refractivity contribution is 0.216. The minimum absolute atomic E-state index is 0.0254. The van der Waals surface area contributed by atoms with Crippen LogP contribution in [0.1, 0.15) is 30.9 Å². The number of rotatable bonds is 5. The van der Waals surface area contributed by atoms with Crippen LogP contribution in [0.2, 0.25) is 0 Å². The molecule has 0 spiro atoms. The maximum Gasteiger partial charge on any atom is 0.319 e. The van der Waals surface area contributed by atoms with Gasteiger partial charge in [-0.2, -0.15) is 5.10 Å². The molecule has 0 radical (unpaired) electrons. The van der Waals surface area contributed by atoms with E-state index in [-0.39, 0.29) is 12.1 Å². The van der Waals surface area contributed by atoms with Crippen molar-refractivity contribution in [3.8, 4) is 5.95 Å². The summed E-state index contributed by atoms with van der Waals surface area (Å²) in [6.07, 6.45) is 10.1. The number of carbonyl (C=O) groups is 1. The van der Waals surface area contributed by atoms with Gasteiger partial charge in [0.15, 0.2) is 0 Å². The Bertz CT molecular complexity index is 860. The second kappa shape index (κ2) is 7.35. The molecule has 1 atom stereocenters. The maximum absolute atomic E-state index is 12.5. The first kappa shape index (κ1) is 16.3. The van der Waals surface area contributed by atoms with E-state index in [0.29, 0.717) is 17.6 Å². The van der Waals surface area contributed by atoms with Gasteiger partial charge in [-0.15, -0.1) is 0 Å². The number of amides is 2. The van der Waals surface area contributed by atoms with E-state index < -0.39 is 0 Å². The van der Waals surface area contributed by atoms with Gasteiger partial charge >= 0.3 is 6.03 Å². The van der Waals surface area contributed by atoms with Gasteiger partial charge in [0.05, 0.1) is 24.1 Å². The largest absolute Gasteiger partial charge is 0.331 e. The van der Waals surface area contributed by atoms with Crippen molar-refractivity contribution in [3.05, 3.63) is 66.7 Å². The highest BCUT2D eigenvalue weighted by Crippen LogP contribution is 2.37. The third-order valence-electron chi connectivity index (χ3n) is 4.66. The lowest BCUT2D eigenvalue weighted by atomic mass is 9.77. The van der Waals surface area contributed by atoms with E-state index in [2.05, 4.69) is 37.8 Å². The first-order valence-electron chi connectivity index (χ1n) is 8.74. The SMILES string of the molecule is O=C(Nc1cnn(-c2ncccn2)c1)N[C@@H](c1ccccc1)C1CCC1. The topological polar surface area (TPSA) is 84.7 Å². The van der Waals surface area contributed by atoms with Crippen molar-refractivity contribution in [2.75, 3.05) is 5.32 Å². The summed E-state index contributed by atoms with van der Waals surface area (Å²) in [5, 5.41) is 10.1. The molecule has 1 fully saturated rings. The van der Waals surface area contributed by atoms with Crippen molar-refractivity contribution < 1.29 is 4.79 Å². The van der Waals surface area contributed by atoms with E-state index in [1.54, 1.807) is 30.9 Å². The second-order valence-corrected chi connectivity index (χ2v) is 6.40.